The summed E-state index contributed by atoms with van der Waals surface area (Å²) in [6, 6.07) is 5.30. The summed E-state index contributed by atoms with van der Waals surface area (Å²) in [6.45, 7) is 4.62. The molecule has 0 bridgehead atoms. The Hall–Kier alpha value is -1.16. The number of rotatable bonds is 1. The fourth-order valence-corrected chi connectivity index (χ4v) is 3.69. The summed E-state index contributed by atoms with van der Waals surface area (Å²) in [5.74, 6) is 1.09. The van der Waals surface area contributed by atoms with Gasteiger partial charge in [-0.25, -0.2) is 4.39 Å². The first-order chi connectivity index (χ1) is 9.08. The fraction of sp³-hybridized carbons (Fsp3) is 0.533. The highest BCUT2D eigenvalue weighted by molar-refractivity contribution is 7.71. The van der Waals surface area contributed by atoms with Crippen molar-refractivity contribution in [1.82, 2.24) is 9.55 Å². The highest BCUT2D eigenvalue weighted by Crippen LogP contribution is 2.39. The molecule has 0 saturated heterocycles. The van der Waals surface area contributed by atoms with Crippen LogP contribution in [0.4, 0.5) is 4.39 Å². The van der Waals surface area contributed by atoms with Crippen LogP contribution >= 0.6 is 12.2 Å². The number of hydrogen-bond acceptors (Lipinski definition) is 1. The standard InChI is InChI=1S/C15H19FN2S/c1-9-4-3-5-13(10(9)2)18-14-7-6-11(16)8-12(14)17-15(18)19/h6-10,13H,3-5H2,1-2H3,(H,17,19). The summed E-state index contributed by atoms with van der Waals surface area (Å²) in [7, 11) is 0. The molecule has 3 unspecified atom stereocenters. The van der Waals surface area contributed by atoms with Crippen molar-refractivity contribution in [3.8, 4) is 0 Å². The molecule has 1 aliphatic carbocycles. The SMILES string of the molecule is CC1CCCC(n2c(=S)[nH]c3cc(F)ccc32)C1C. The number of imidazole rings is 1. The Labute approximate surface area is 117 Å². The van der Waals surface area contributed by atoms with E-state index in [1.54, 1.807) is 0 Å². The van der Waals surface area contributed by atoms with Crippen molar-refractivity contribution in [3.05, 3.63) is 28.8 Å². The topological polar surface area (TPSA) is 20.7 Å². The molecular formula is C15H19FN2S. The number of aromatic nitrogens is 2. The van der Waals surface area contributed by atoms with E-state index in [-0.39, 0.29) is 5.82 Å². The first-order valence-electron chi connectivity index (χ1n) is 6.97. The monoisotopic (exact) mass is 278 g/mol. The summed E-state index contributed by atoms with van der Waals surface area (Å²) in [4.78, 5) is 3.14. The van der Waals surface area contributed by atoms with E-state index in [1.807, 2.05) is 6.07 Å². The number of nitrogens with one attached hydrogen (secondary N) is 1. The second kappa shape index (κ2) is 4.75. The molecule has 1 aliphatic rings. The number of H-pyrrole nitrogens is 1. The first kappa shape index (κ1) is 12.9. The van der Waals surface area contributed by atoms with Crippen LogP contribution < -0.4 is 0 Å². The molecule has 1 heterocycles. The average Bonchev–Trinajstić information content (AvgIpc) is 2.68. The Morgan fingerprint density at radius 3 is 2.89 bits per heavy atom. The fourth-order valence-electron chi connectivity index (χ4n) is 3.35. The van der Waals surface area contributed by atoms with Crippen LogP contribution in [0.5, 0.6) is 0 Å². The van der Waals surface area contributed by atoms with Crippen LogP contribution in [0.25, 0.3) is 11.0 Å². The largest absolute Gasteiger partial charge is 0.330 e. The second-order valence-electron chi connectivity index (χ2n) is 5.80. The zero-order chi connectivity index (χ0) is 13.6. The Morgan fingerprint density at radius 1 is 1.32 bits per heavy atom. The number of nitrogens with zero attached hydrogens (tertiary/aromatic N) is 1. The van der Waals surface area contributed by atoms with E-state index in [9.17, 15) is 4.39 Å². The molecule has 1 saturated carbocycles. The number of benzene rings is 1. The van der Waals surface area contributed by atoms with Crippen molar-refractivity contribution < 1.29 is 4.39 Å². The molecule has 2 nitrogen and oxygen atoms in total. The Kier molecular flexibility index (Phi) is 3.21. The van der Waals surface area contributed by atoms with Crippen molar-refractivity contribution in [3.63, 3.8) is 0 Å². The zero-order valence-electron chi connectivity index (χ0n) is 11.3. The summed E-state index contributed by atoms with van der Waals surface area (Å²) in [5, 5.41) is 0. The molecule has 19 heavy (non-hydrogen) atoms. The summed E-state index contributed by atoms with van der Waals surface area (Å²) in [5.41, 5.74) is 1.83. The Balaban J connectivity index is 2.14. The molecule has 1 N–H and O–H groups in total. The first-order valence-corrected chi connectivity index (χ1v) is 7.38. The predicted molar refractivity (Wildman–Crippen MR) is 78.3 cm³/mol. The van der Waals surface area contributed by atoms with Gasteiger partial charge in [0.2, 0.25) is 0 Å². The molecule has 3 rings (SSSR count). The maximum absolute atomic E-state index is 13.3. The van der Waals surface area contributed by atoms with E-state index in [1.165, 1.54) is 25.0 Å². The quantitative estimate of drug-likeness (QED) is 0.741. The highest BCUT2D eigenvalue weighted by Gasteiger charge is 2.29. The molecule has 0 spiro atoms. The summed E-state index contributed by atoms with van der Waals surface area (Å²) < 4.78 is 16.2. The molecule has 4 heteroatoms. The van der Waals surface area contributed by atoms with Gasteiger partial charge in [0, 0.05) is 6.04 Å². The number of aromatic amines is 1. The van der Waals surface area contributed by atoms with Crippen molar-refractivity contribution >= 4 is 23.3 Å². The smallest absolute Gasteiger partial charge is 0.178 e. The highest BCUT2D eigenvalue weighted by atomic mass is 32.1. The third kappa shape index (κ3) is 2.12. The van der Waals surface area contributed by atoms with Crippen LogP contribution in [0, 0.1) is 22.4 Å². The Morgan fingerprint density at radius 2 is 2.11 bits per heavy atom. The van der Waals surface area contributed by atoms with Crippen molar-refractivity contribution in [2.24, 2.45) is 11.8 Å². The minimum Gasteiger partial charge on any atom is -0.330 e. The van der Waals surface area contributed by atoms with E-state index >= 15 is 0 Å². The lowest BCUT2D eigenvalue weighted by Crippen LogP contribution is -2.27. The van der Waals surface area contributed by atoms with Gasteiger partial charge in [0.1, 0.15) is 5.82 Å². The molecule has 0 amide bonds. The van der Waals surface area contributed by atoms with Crippen molar-refractivity contribution in [1.29, 1.82) is 0 Å². The van der Waals surface area contributed by atoms with Gasteiger partial charge in [-0.3, -0.25) is 0 Å². The minimum absolute atomic E-state index is 0.221. The third-order valence-electron chi connectivity index (χ3n) is 4.67. The van der Waals surface area contributed by atoms with E-state index in [4.69, 9.17) is 12.2 Å². The predicted octanol–water partition coefficient (Wildman–Crippen LogP) is 4.84. The van der Waals surface area contributed by atoms with Crippen molar-refractivity contribution in [2.75, 3.05) is 0 Å². The maximum Gasteiger partial charge on any atom is 0.178 e. The lowest BCUT2D eigenvalue weighted by atomic mass is 9.78. The molecule has 2 aromatic rings. The number of fused-ring (bicyclic) bond motifs is 1. The number of halogens is 1. The molecule has 1 fully saturated rings. The van der Waals surface area contributed by atoms with E-state index in [0.717, 1.165) is 17.5 Å². The third-order valence-corrected chi connectivity index (χ3v) is 4.97. The van der Waals surface area contributed by atoms with Gasteiger partial charge < -0.3 is 9.55 Å². The maximum atomic E-state index is 13.3. The molecule has 3 atom stereocenters. The van der Waals surface area contributed by atoms with Gasteiger partial charge >= 0.3 is 0 Å². The van der Waals surface area contributed by atoms with Gasteiger partial charge in [0.05, 0.1) is 11.0 Å². The lowest BCUT2D eigenvalue weighted by Gasteiger charge is -2.35. The van der Waals surface area contributed by atoms with Crippen LogP contribution in [0.15, 0.2) is 18.2 Å². The van der Waals surface area contributed by atoms with Gasteiger partial charge in [-0.05, 0) is 48.7 Å². The van der Waals surface area contributed by atoms with Crippen LogP contribution in [0.1, 0.15) is 39.2 Å². The van der Waals surface area contributed by atoms with Gasteiger partial charge in [-0.1, -0.05) is 26.7 Å². The summed E-state index contributed by atoms with van der Waals surface area (Å²) >= 11 is 5.45. The van der Waals surface area contributed by atoms with Gasteiger partial charge in [-0.15, -0.1) is 0 Å². The van der Waals surface area contributed by atoms with Crippen LogP contribution in [0.3, 0.4) is 0 Å². The normalized spacial score (nSPS) is 27.8. The van der Waals surface area contributed by atoms with Gasteiger partial charge in [0.25, 0.3) is 0 Å². The van der Waals surface area contributed by atoms with Crippen LogP contribution in [-0.2, 0) is 0 Å². The number of hydrogen-bond donors (Lipinski definition) is 1. The molecule has 0 radical (unpaired) electrons. The molecule has 102 valence electrons. The van der Waals surface area contributed by atoms with Crippen LogP contribution in [0.2, 0.25) is 0 Å². The van der Waals surface area contributed by atoms with Crippen LogP contribution in [-0.4, -0.2) is 9.55 Å². The van der Waals surface area contributed by atoms with E-state index in [0.29, 0.717) is 22.6 Å². The molecule has 1 aromatic carbocycles. The average molecular weight is 278 g/mol. The minimum atomic E-state index is -0.221. The molecular weight excluding hydrogens is 259 g/mol. The van der Waals surface area contributed by atoms with E-state index in [2.05, 4.69) is 23.4 Å². The molecule has 0 aliphatic heterocycles. The van der Waals surface area contributed by atoms with Gasteiger partial charge in [0.15, 0.2) is 4.77 Å². The van der Waals surface area contributed by atoms with E-state index < -0.39 is 0 Å². The second-order valence-corrected chi connectivity index (χ2v) is 6.18. The summed E-state index contributed by atoms with van der Waals surface area (Å²) in [6.07, 6.45) is 3.69. The lowest BCUT2D eigenvalue weighted by molar-refractivity contribution is 0.188. The van der Waals surface area contributed by atoms with Gasteiger partial charge in [-0.2, -0.15) is 0 Å². The zero-order valence-corrected chi connectivity index (χ0v) is 12.1. The molecule has 1 aromatic heterocycles. The van der Waals surface area contributed by atoms with Crippen molar-refractivity contribution in [2.45, 2.75) is 39.2 Å². The Bertz CT molecular complexity index is 658.